The van der Waals surface area contributed by atoms with E-state index in [0.717, 1.165) is 68.0 Å². The van der Waals surface area contributed by atoms with Crippen LogP contribution in [-0.2, 0) is 0 Å². The molecular weight excluding hydrogens is 394 g/mol. The third-order valence-electron chi connectivity index (χ3n) is 5.56. The lowest BCUT2D eigenvalue weighted by Gasteiger charge is -2.27. The summed E-state index contributed by atoms with van der Waals surface area (Å²) in [5.74, 6) is 1.31. The third-order valence-corrected chi connectivity index (χ3v) is 5.56. The molecule has 3 aromatic rings. The lowest BCUT2D eigenvalue weighted by Crippen LogP contribution is -2.46. The summed E-state index contributed by atoms with van der Waals surface area (Å²) in [4.78, 5) is 19.1. The van der Waals surface area contributed by atoms with Gasteiger partial charge in [0.25, 0.3) is 0 Å². The van der Waals surface area contributed by atoms with Crippen LogP contribution in [0.15, 0.2) is 36.4 Å². The standard InChI is InChI=1S/C22H27N7O2/c30-22(24-11-14-29-12-9-23-10-13-29)26-19-8-7-17-20(27-28-21(17)25-19)16-3-1-2-4-18(16)31-15-5-6-15/h1-4,7-8,15,23H,5-6,9-14H2,(H3,24,25,26,27,28,30). The van der Waals surface area contributed by atoms with Gasteiger partial charge in [-0.1, -0.05) is 12.1 Å². The van der Waals surface area contributed by atoms with Crippen molar-refractivity contribution in [3.05, 3.63) is 36.4 Å². The minimum atomic E-state index is -0.263. The first-order valence-electron chi connectivity index (χ1n) is 10.9. The minimum Gasteiger partial charge on any atom is -0.490 e. The molecule has 0 bridgehead atoms. The molecule has 1 saturated heterocycles. The number of aromatic nitrogens is 3. The zero-order chi connectivity index (χ0) is 21.0. The highest BCUT2D eigenvalue weighted by molar-refractivity contribution is 5.95. The van der Waals surface area contributed by atoms with E-state index in [1.54, 1.807) is 6.07 Å². The summed E-state index contributed by atoms with van der Waals surface area (Å²) in [6.45, 7) is 5.46. The van der Waals surface area contributed by atoms with Crippen LogP contribution < -0.4 is 20.7 Å². The molecule has 1 aliphatic carbocycles. The number of piperazine rings is 1. The van der Waals surface area contributed by atoms with E-state index in [-0.39, 0.29) is 6.03 Å². The van der Waals surface area contributed by atoms with Gasteiger partial charge in [-0.3, -0.25) is 15.3 Å². The fourth-order valence-electron chi connectivity index (χ4n) is 3.74. The number of amides is 2. The van der Waals surface area contributed by atoms with Crippen molar-refractivity contribution in [1.82, 2.24) is 30.7 Å². The molecule has 1 aromatic carbocycles. The summed E-state index contributed by atoms with van der Waals surface area (Å²) in [5.41, 5.74) is 2.38. The summed E-state index contributed by atoms with van der Waals surface area (Å²) in [7, 11) is 0. The Morgan fingerprint density at radius 2 is 2.00 bits per heavy atom. The Hall–Kier alpha value is -3.17. The highest BCUT2D eigenvalue weighted by atomic mass is 16.5. The number of fused-ring (bicyclic) bond motifs is 1. The molecule has 9 heteroatoms. The fourth-order valence-corrected chi connectivity index (χ4v) is 3.74. The van der Waals surface area contributed by atoms with Crippen LogP contribution in [0.1, 0.15) is 12.8 Å². The highest BCUT2D eigenvalue weighted by Crippen LogP contribution is 2.36. The van der Waals surface area contributed by atoms with Crippen LogP contribution >= 0.6 is 0 Å². The second-order valence-electron chi connectivity index (χ2n) is 7.95. The van der Waals surface area contributed by atoms with Gasteiger partial charge in [-0.05, 0) is 37.1 Å². The van der Waals surface area contributed by atoms with Crippen molar-refractivity contribution in [2.45, 2.75) is 18.9 Å². The molecular formula is C22H27N7O2. The third kappa shape index (κ3) is 4.78. The summed E-state index contributed by atoms with van der Waals surface area (Å²) in [5, 5.41) is 17.3. The maximum atomic E-state index is 12.2. The second kappa shape index (κ2) is 8.91. The van der Waals surface area contributed by atoms with Gasteiger partial charge in [-0.15, -0.1) is 0 Å². The van der Waals surface area contributed by atoms with E-state index in [1.165, 1.54) is 0 Å². The molecule has 0 unspecified atom stereocenters. The Bertz CT molecular complexity index is 1060. The molecule has 31 heavy (non-hydrogen) atoms. The van der Waals surface area contributed by atoms with Gasteiger partial charge in [0.1, 0.15) is 11.6 Å². The first-order valence-corrected chi connectivity index (χ1v) is 10.9. The van der Waals surface area contributed by atoms with Crippen molar-refractivity contribution in [2.75, 3.05) is 44.6 Å². The molecule has 0 atom stereocenters. The number of hydrogen-bond acceptors (Lipinski definition) is 6. The largest absolute Gasteiger partial charge is 0.490 e. The van der Waals surface area contributed by atoms with Crippen molar-refractivity contribution < 1.29 is 9.53 Å². The number of carbonyl (C=O) groups is 1. The SMILES string of the molecule is O=C(NCCN1CCNCC1)Nc1ccc2c(-c3ccccc3OC3CC3)[nH]nc2n1. The number of urea groups is 1. The molecule has 162 valence electrons. The number of H-pyrrole nitrogens is 1. The summed E-state index contributed by atoms with van der Waals surface area (Å²) in [6.07, 6.45) is 2.52. The molecule has 1 saturated carbocycles. The minimum absolute atomic E-state index is 0.263. The van der Waals surface area contributed by atoms with Gasteiger partial charge >= 0.3 is 6.03 Å². The number of hydrogen-bond donors (Lipinski definition) is 4. The number of nitrogens with one attached hydrogen (secondary N) is 4. The van der Waals surface area contributed by atoms with Gasteiger partial charge in [-0.2, -0.15) is 5.10 Å². The first kappa shape index (κ1) is 19.8. The Balaban J connectivity index is 1.24. The van der Waals surface area contributed by atoms with Crippen LogP contribution in [-0.4, -0.2) is 71.5 Å². The Labute approximate surface area is 180 Å². The molecule has 9 nitrogen and oxygen atoms in total. The Kier molecular flexibility index (Phi) is 5.68. The van der Waals surface area contributed by atoms with E-state index in [2.05, 4.69) is 36.0 Å². The average Bonchev–Trinajstić information content (AvgIpc) is 3.51. The molecule has 3 heterocycles. The molecule has 2 fully saturated rings. The Morgan fingerprint density at radius 3 is 2.84 bits per heavy atom. The summed E-state index contributed by atoms with van der Waals surface area (Å²) in [6, 6.07) is 11.4. The number of nitrogens with zero attached hydrogens (tertiary/aromatic N) is 3. The predicted molar refractivity (Wildman–Crippen MR) is 119 cm³/mol. The average molecular weight is 422 g/mol. The maximum Gasteiger partial charge on any atom is 0.320 e. The number of anilines is 1. The zero-order valence-corrected chi connectivity index (χ0v) is 17.4. The van der Waals surface area contributed by atoms with Crippen LogP contribution in [0.4, 0.5) is 10.6 Å². The number of carbonyl (C=O) groups excluding carboxylic acids is 1. The summed E-state index contributed by atoms with van der Waals surface area (Å²) < 4.78 is 6.05. The first-order chi connectivity index (χ1) is 15.3. The molecule has 2 amide bonds. The van der Waals surface area contributed by atoms with E-state index < -0.39 is 0 Å². The van der Waals surface area contributed by atoms with Crippen LogP contribution in [0.2, 0.25) is 0 Å². The molecule has 4 N–H and O–H groups in total. The van der Waals surface area contributed by atoms with Crippen molar-refractivity contribution in [1.29, 1.82) is 0 Å². The van der Waals surface area contributed by atoms with Gasteiger partial charge < -0.3 is 15.4 Å². The number of ether oxygens (including phenoxy) is 1. The topological polar surface area (TPSA) is 107 Å². The molecule has 2 aromatic heterocycles. The number of benzene rings is 1. The Morgan fingerprint density at radius 1 is 1.16 bits per heavy atom. The van der Waals surface area contributed by atoms with Crippen LogP contribution in [0.5, 0.6) is 5.75 Å². The van der Waals surface area contributed by atoms with Gasteiger partial charge in [0.2, 0.25) is 0 Å². The number of para-hydroxylation sites is 1. The molecule has 2 aliphatic rings. The van der Waals surface area contributed by atoms with Gasteiger partial charge in [0.15, 0.2) is 5.65 Å². The lowest BCUT2D eigenvalue weighted by molar-refractivity contribution is 0.233. The quantitative estimate of drug-likeness (QED) is 0.466. The number of pyridine rings is 1. The normalized spacial score (nSPS) is 16.9. The van der Waals surface area contributed by atoms with Gasteiger partial charge in [0.05, 0.1) is 11.8 Å². The van der Waals surface area contributed by atoms with E-state index in [4.69, 9.17) is 4.74 Å². The molecule has 5 rings (SSSR count). The predicted octanol–water partition coefficient (Wildman–Crippen LogP) is 2.19. The van der Waals surface area contributed by atoms with Crippen LogP contribution in [0, 0.1) is 0 Å². The van der Waals surface area contributed by atoms with E-state index in [0.29, 0.717) is 24.1 Å². The monoisotopic (exact) mass is 421 g/mol. The van der Waals surface area contributed by atoms with Crippen molar-refractivity contribution >= 4 is 22.9 Å². The fraction of sp³-hybridized carbons (Fsp3) is 0.409. The molecule has 0 spiro atoms. The second-order valence-corrected chi connectivity index (χ2v) is 7.95. The van der Waals surface area contributed by atoms with Crippen LogP contribution in [0.25, 0.3) is 22.3 Å². The number of aromatic amines is 1. The smallest absolute Gasteiger partial charge is 0.320 e. The van der Waals surface area contributed by atoms with E-state index >= 15 is 0 Å². The lowest BCUT2D eigenvalue weighted by atomic mass is 10.1. The van der Waals surface area contributed by atoms with Crippen molar-refractivity contribution in [3.63, 3.8) is 0 Å². The molecule has 1 aliphatic heterocycles. The highest BCUT2D eigenvalue weighted by Gasteiger charge is 2.25. The molecule has 0 radical (unpaired) electrons. The van der Waals surface area contributed by atoms with E-state index in [1.807, 2.05) is 30.3 Å². The van der Waals surface area contributed by atoms with Crippen molar-refractivity contribution in [3.8, 4) is 17.0 Å². The number of rotatable bonds is 7. The zero-order valence-electron chi connectivity index (χ0n) is 17.4. The van der Waals surface area contributed by atoms with Crippen molar-refractivity contribution in [2.24, 2.45) is 0 Å². The van der Waals surface area contributed by atoms with Crippen LogP contribution in [0.3, 0.4) is 0 Å². The van der Waals surface area contributed by atoms with Gasteiger partial charge in [-0.25, -0.2) is 9.78 Å². The van der Waals surface area contributed by atoms with Gasteiger partial charge in [0, 0.05) is 50.2 Å². The van der Waals surface area contributed by atoms with E-state index in [9.17, 15) is 4.79 Å². The maximum absolute atomic E-state index is 12.2. The summed E-state index contributed by atoms with van der Waals surface area (Å²) >= 11 is 0.